The summed E-state index contributed by atoms with van der Waals surface area (Å²) in [7, 11) is 1.83. The zero-order valence-corrected chi connectivity index (χ0v) is 9.82. The van der Waals surface area contributed by atoms with Crippen molar-refractivity contribution in [3.05, 3.63) is 0 Å². The molecule has 2 rings (SSSR count). The minimum Gasteiger partial charge on any atom is -0.381 e. The van der Waals surface area contributed by atoms with Gasteiger partial charge in [0, 0.05) is 32.3 Å². The third-order valence-corrected chi connectivity index (χ3v) is 4.06. The Morgan fingerprint density at radius 3 is 2.33 bits per heavy atom. The fourth-order valence-corrected chi connectivity index (χ4v) is 3.04. The SMILES string of the molecule is COC1CCN([C@@H]2CCCC[C@@H]2N)CC1. The topological polar surface area (TPSA) is 38.5 Å². The molecule has 1 saturated heterocycles. The summed E-state index contributed by atoms with van der Waals surface area (Å²) in [6.45, 7) is 2.35. The Kier molecular flexibility index (Phi) is 4.00. The molecular formula is C12H24N2O. The summed E-state index contributed by atoms with van der Waals surface area (Å²) in [4.78, 5) is 2.60. The molecule has 2 N–H and O–H groups in total. The molecule has 1 heterocycles. The Morgan fingerprint density at radius 2 is 1.73 bits per heavy atom. The number of rotatable bonds is 2. The van der Waals surface area contributed by atoms with E-state index in [0.29, 0.717) is 18.2 Å². The van der Waals surface area contributed by atoms with E-state index in [1.165, 1.54) is 51.6 Å². The number of nitrogens with zero attached hydrogens (tertiary/aromatic N) is 1. The van der Waals surface area contributed by atoms with Crippen LogP contribution in [0.4, 0.5) is 0 Å². The van der Waals surface area contributed by atoms with E-state index in [1.807, 2.05) is 7.11 Å². The van der Waals surface area contributed by atoms with Crippen molar-refractivity contribution in [1.29, 1.82) is 0 Å². The van der Waals surface area contributed by atoms with Crippen molar-refractivity contribution < 1.29 is 4.74 Å². The third kappa shape index (κ3) is 2.71. The van der Waals surface area contributed by atoms with Crippen molar-refractivity contribution in [3.8, 4) is 0 Å². The summed E-state index contributed by atoms with van der Waals surface area (Å²) in [5.74, 6) is 0. The largest absolute Gasteiger partial charge is 0.381 e. The van der Waals surface area contributed by atoms with E-state index in [4.69, 9.17) is 10.5 Å². The number of piperidine rings is 1. The molecule has 0 amide bonds. The number of nitrogens with two attached hydrogens (primary N) is 1. The number of methoxy groups -OCH3 is 1. The summed E-state index contributed by atoms with van der Waals surface area (Å²) in [6.07, 6.45) is 8.06. The van der Waals surface area contributed by atoms with Gasteiger partial charge in [0.25, 0.3) is 0 Å². The van der Waals surface area contributed by atoms with Crippen molar-refractivity contribution in [2.45, 2.75) is 56.7 Å². The first kappa shape index (κ1) is 11.4. The van der Waals surface area contributed by atoms with Crippen molar-refractivity contribution in [2.75, 3.05) is 20.2 Å². The van der Waals surface area contributed by atoms with Gasteiger partial charge in [-0.15, -0.1) is 0 Å². The fourth-order valence-electron chi connectivity index (χ4n) is 3.04. The molecule has 2 atom stereocenters. The second-order valence-electron chi connectivity index (χ2n) is 4.99. The minimum absolute atomic E-state index is 0.415. The average molecular weight is 212 g/mol. The molecule has 0 aromatic rings. The smallest absolute Gasteiger partial charge is 0.0595 e. The molecule has 3 heteroatoms. The summed E-state index contributed by atoms with van der Waals surface area (Å²) in [6, 6.07) is 1.06. The Morgan fingerprint density at radius 1 is 1.07 bits per heavy atom. The van der Waals surface area contributed by atoms with Crippen LogP contribution in [0.5, 0.6) is 0 Å². The third-order valence-electron chi connectivity index (χ3n) is 4.06. The first-order valence-electron chi connectivity index (χ1n) is 6.33. The van der Waals surface area contributed by atoms with Crippen LogP contribution in [0.25, 0.3) is 0 Å². The second kappa shape index (κ2) is 5.28. The highest BCUT2D eigenvalue weighted by atomic mass is 16.5. The standard InChI is InChI=1S/C12H24N2O/c1-15-10-6-8-14(9-7-10)12-5-3-2-4-11(12)13/h10-12H,2-9,13H2,1H3/t11-,12+/m0/s1. The van der Waals surface area contributed by atoms with Gasteiger partial charge in [0.15, 0.2) is 0 Å². The van der Waals surface area contributed by atoms with Gasteiger partial charge in [-0.05, 0) is 25.7 Å². The molecule has 0 bridgehead atoms. The number of likely N-dealkylation sites (tertiary alicyclic amines) is 1. The van der Waals surface area contributed by atoms with Crippen molar-refractivity contribution in [1.82, 2.24) is 4.90 Å². The lowest BCUT2D eigenvalue weighted by Gasteiger charge is -2.41. The van der Waals surface area contributed by atoms with Crippen LogP contribution in [0.1, 0.15) is 38.5 Å². The number of hydrogen-bond acceptors (Lipinski definition) is 3. The van der Waals surface area contributed by atoms with E-state index in [9.17, 15) is 0 Å². The first-order valence-corrected chi connectivity index (χ1v) is 6.33. The maximum Gasteiger partial charge on any atom is 0.0595 e. The molecule has 1 aliphatic heterocycles. The summed E-state index contributed by atoms with van der Waals surface area (Å²) in [5.41, 5.74) is 6.20. The van der Waals surface area contributed by atoms with Crippen LogP contribution in [0.3, 0.4) is 0 Å². The zero-order chi connectivity index (χ0) is 10.7. The van der Waals surface area contributed by atoms with Crippen LogP contribution >= 0.6 is 0 Å². The highest BCUT2D eigenvalue weighted by Crippen LogP contribution is 2.25. The Balaban J connectivity index is 1.83. The Labute approximate surface area is 93.0 Å². The normalized spacial score (nSPS) is 35.6. The quantitative estimate of drug-likeness (QED) is 0.751. The minimum atomic E-state index is 0.415. The highest BCUT2D eigenvalue weighted by Gasteiger charge is 2.30. The lowest BCUT2D eigenvalue weighted by atomic mass is 9.88. The van der Waals surface area contributed by atoms with E-state index >= 15 is 0 Å². The lowest BCUT2D eigenvalue weighted by Crippen LogP contribution is -2.52. The molecule has 15 heavy (non-hydrogen) atoms. The van der Waals surface area contributed by atoms with Crippen molar-refractivity contribution in [2.24, 2.45) is 5.73 Å². The molecule has 1 aliphatic carbocycles. The second-order valence-corrected chi connectivity index (χ2v) is 4.99. The molecule has 0 radical (unpaired) electrons. The van der Waals surface area contributed by atoms with Gasteiger partial charge >= 0.3 is 0 Å². The van der Waals surface area contributed by atoms with Gasteiger partial charge in [-0.25, -0.2) is 0 Å². The molecule has 3 nitrogen and oxygen atoms in total. The molecule has 2 aliphatic rings. The van der Waals surface area contributed by atoms with Crippen LogP contribution < -0.4 is 5.73 Å². The molecule has 88 valence electrons. The number of ether oxygens (including phenoxy) is 1. The molecule has 0 aromatic carbocycles. The maximum absolute atomic E-state index is 6.20. The van der Waals surface area contributed by atoms with E-state index in [2.05, 4.69) is 4.90 Å². The molecule has 0 spiro atoms. The van der Waals surface area contributed by atoms with Crippen LogP contribution in [-0.2, 0) is 4.74 Å². The molecule has 1 saturated carbocycles. The fraction of sp³-hybridized carbons (Fsp3) is 1.00. The molecule has 0 aromatic heterocycles. The van der Waals surface area contributed by atoms with Gasteiger partial charge in [0.1, 0.15) is 0 Å². The van der Waals surface area contributed by atoms with E-state index < -0.39 is 0 Å². The molecule has 0 unspecified atom stereocenters. The van der Waals surface area contributed by atoms with Gasteiger partial charge in [0.05, 0.1) is 6.10 Å². The summed E-state index contributed by atoms with van der Waals surface area (Å²) < 4.78 is 5.40. The zero-order valence-electron chi connectivity index (χ0n) is 9.82. The molecule has 2 fully saturated rings. The van der Waals surface area contributed by atoms with Gasteiger partial charge in [-0.1, -0.05) is 12.8 Å². The van der Waals surface area contributed by atoms with Crippen LogP contribution in [0, 0.1) is 0 Å². The van der Waals surface area contributed by atoms with E-state index in [-0.39, 0.29) is 0 Å². The Bertz CT molecular complexity index is 190. The van der Waals surface area contributed by atoms with Crippen molar-refractivity contribution in [3.63, 3.8) is 0 Å². The Hall–Kier alpha value is -0.120. The van der Waals surface area contributed by atoms with Crippen molar-refractivity contribution >= 4 is 0 Å². The van der Waals surface area contributed by atoms with Gasteiger partial charge in [-0.3, -0.25) is 4.90 Å². The predicted octanol–water partition coefficient (Wildman–Crippen LogP) is 1.37. The van der Waals surface area contributed by atoms with Gasteiger partial charge in [0.2, 0.25) is 0 Å². The van der Waals surface area contributed by atoms with E-state index in [1.54, 1.807) is 0 Å². The first-order chi connectivity index (χ1) is 7.31. The molecular weight excluding hydrogens is 188 g/mol. The lowest BCUT2D eigenvalue weighted by molar-refractivity contribution is 0.0171. The highest BCUT2D eigenvalue weighted by molar-refractivity contribution is 4.88. The number of hydrogen-bond donors (Lipinski definition) is 1. The van der Waals surface area contributed by atoms with Crippen LogP contribution in [-0.4, -0.2) is 43.3 Å². The average Bonchev–Trinajstić information content (AvgIpc) is 2.30. The summed E-state index contributed by atoms with van der Waals surface area (Å²) >= 11 is 0. The van der Waals surface area contributed by atoms with Crippen LogP contribution in [0.2, 0.25) is 0 Å². The van der Waals surface area contributed by atoms with E-state index in [0.717, 1.165) is 0 Å². The monoisotopic (exact) mass is 212 g/mol. The maximum atomic E-state index is 6.20. The van der Waals surface area contributed by atoms with Gasteiger partial charge in [-0.2, -0.15) is 0 Å². The van der Waals surface area contributed by atoms with Gasteiger partial charge < -0.3 is 10.5 Å². The summed E-state index contributed by atoms with van der Waals surface area (Å²) in [5, 5.41) is 0. The van der Waals surface area contributed by atoms with Crippen LogP contribution in [0.15, 0.2) is 0 Å². The predicted molar refractivity (Wildman–Crippen MR) is 61.8 cm³/mol.